The Morgan fingerprint density at radius 3 is 2.58 bits per heavy atom. The van der Waals surface area contributed by atoms with Crippen LogP contribution >= 0.6 is 24.0 Å². The van der Waals surface area contributed by atoms with E-state index >= 15 is 0 Å². The molecule has 0 aromatic heterocycles. The highest BCUT2D eigenvalue weighted by Gasteiger charge is 2.11. The quantitative estimate of drug-likeness (QED) is 0.326. The van der Waals surface area contributed by atoms with E-state index in [4.69, 9.17) is 9.47 Å². The zero-order valence-corrected chi connectivity index (χ0v) is 18.3. The van der Waals surface area contributed by atoms with Crippen molar-refractivity contribution in [2.45, 2.75) is 26.4 Å². The minimum absolute atomic E-state index is 0. The molecule has 0 amide bonds. The van der Waals surface area contributed by atoms with Crippen molar-refractivity contribution in [1.82, 2.24) is 15.5 Å². The van der Waals surface area contributed by atoms with Gasteiger partial charge in [0.2, 0.25) is 0 Å². The van der Waals surface area contributed by atoms with Crippen LogP contribution in [-0.2, 0) is 4.74 Å². The van der Waals surface area contributed by atoms with Crippen molar-refractivity contribution in [3.05, 3.63) is 30.3 Å². The third-order valence-corrected chi connectivity index (χ3v) is 4.12. The second kappa shape index (κ2) is 14.1. The van der Waals surface area contributed by atoms with Gasteiger partial charge in [0.1, 0.15) is 11.9 Å². The second-order valence-electron chi connectivity index (χ2n) is 6.06. The van der Waals surface area contributed by atoms with Crippen LogP contribution in [0.25, 0.3) is 0 Å². The monoisotopic (exact) mass is 476 g/mol. The molecule has 26 heavy (non-hydrogen) atoms. The molecule has 1 unspecified atom stereocenters. The summed E-state index contributed by atoms with van der Waals surface area (Å²) in [7, 11) is 0. The van der Waals surface area contributed by atoms with Gasteiger partial charge in [-0.05, 0) is 25.5 Å². The van der Waals surface area contributed by atoms with Crippen LogP contribution < -0.4 is 15.4 Å². The number of guanidine groups is 1. The van der Waals surface area contributed by atoms with Crippen molar-refractivity contribution in [3.8, 4) is 5.75 Å². The summed E-state index contributed by atoms with van der Waals surface area (Å²) in [6, 6.07) is 9.94. The van der Waals surface area contributed by atoms with Gasteiger partial charge >= 0.3 is 0 Å². The number of aliphatic imine (C=N–C) groups is 1. The molecule has 6 nitrogen and oxygen atoms in total. The summed E-state index contributed by atoms with van der Waals surface area (Å²) >= 11 is 0. The highest BCUT2D eigenvalue weighted by Crippen LogP contribution is 2.12. The fraction of sp³-hybridized carbons (Fsp3) is 0.632. The zero-order valence-electron chi connectivity index (χ0n) is 15.9. The Morgan fingerprint density at radius 2 is 1.92 bits per heavy atom. The molecule has 0 aliphatic carbocycles. The van der Waals surface area contributed by atoms with Crippen LogP contribution in [0.4, 0.5) is 0 Å². The van der Waals surface area contributed by atoms with E-state index in [2.05, 4.69) is 34.4 Å². The van der Waals surface area contributed by atoms with Crippen LogP contribution in [-0.4, -0.2) is 69.4 Å². The largest absolute Gasteiger partial charge is 0.489 e. The summed E-state index contributed by atoms with van der Waals surface area (Å²) < 4.78 is 11.4. The van der Waals surface area contributed by atoms with Crippen molar-refractivity contribution < 1.29 is 9.47 Å². The molecular formula is C19H33IN4O2. The van der Waals surface area contributed by atoms with Gasteiger partial charge in [0.25, 0.3) is 0 Å². The number of nitrogens with zero attached hydrogens (tertiary/aromatic N) is 2. The molecule has 0 saturated carbocycles. The smallest absolute Gasteiger partial charge is 0.191 e. The zero-order chi connectivity index (χ0) is 17.7. The highest BCUT2D eigenvalue weighted by molar-refractivity contribution is 14.0. The molecule has 1 heterocycles. The second-order valence-corrected chi connectivity index (χ2v) is 6.06. The Kier molecular flexibility index (Phi) is 12.4. The molecule has 2 N–H and O–H groups in total. The molecule has 1 atom stereocenters. The first-order valence-electron chi connectivity index (χ1n) is 9.35. The fourth-order valence-corrected chi connectivity index (χ4v) is 2.63. The summed E-state index contributed by atoms with van der Waals surface area (Å²) in [5.41, 5.74) is 0. The Labute approximate surface area is 174 Å². The standard InChI is InChI=1S/C19H32N4O2.HI/c1-3-17(25-18-8-6-5-7-9-18)16-22-19(20-4-2)21-10-11-23-12-14-24-15-13-23;/h5-9,17H,3-4,10-16H2,1-2H3,(H2,20,21,22);1H. The molecule has 1 saturated heterocycles. The van der Waals surface area contributed by atoms with Crippen molar-refractivity contribution in [2.75, 3.05) is 52.5 Å². The molecule has 0 bridgehead atoms. The van der Waals surface area contributed by atoms with Gasteiger partial charge in [-0.1, -0.05) is 25.1 Å². The average Bonchev–Trinajstić information content (AvgIpc) is 2.66. The summed E-state index contributed by atoms with van der Waals surface area (Å²) in [5.74, 6) is 1.75. The molecule has 1 fully saturated rings. The van der Waals surface area contributed by atoms with E-state index in [0.29, 0.717) is 6.54 Å². The van der Waals surface area contributed by atoms with Crippen LogP contribution in [0.3, 0.4) is 0 Å². The molecule has 148 valence electrons. The first-order chi connectivity index (χ1) is 12.3. The molecule has 0 radical (unpaired) electrons. The predicted octanol–water partition coefficient (Wildman–Crippen LogP) is 2.35. The number of hydrogen-bond acceptors (Lipinski definition) is 4. The minimum atomic E-state index is 0. The Balaban J connectivity index is 0.00000338. The van der Waals surface area contributed by atoms with Gasteiger partial charge < -0.3 is 20.1 Å². The van der Waals surface area contributed by atoms with Crippen molar-refractivity contribution in [2.24, 2.45) is 4.99 Å². The van der Waals surface area contributed by atoms with Gasteiger partial charge in [-0.2, -0.15) is 0 Å². The third-order valence-electron chi connectivity index (χ3n) is 4.12. The first-order valence-corrected chi connectivity index (χ1v) is 9.35. The van der Waals surface area contributed by atoms with E-state index in [1.54, 1.807) is 0 Å². The van der Waals surface area contributed by atoms with Crippen LogP contribution in [0, 0.1) is 0 Å². The van der Waals surface area contributed by atoms with Crippen LogP contribution in [0.15, 0.2) is 35.3 Å². The van der Waals surface area contributed by atoms with E-state index in [-0.39, 0.29) is 30.1 Å². The number of para-hydroxylation sites is 1. The van der Waals surface area contributed by atoms with Gasteiger partial charge in [-0.15, -0.1) is 24.0 Å². The minimum Gasteiger partial charge on any atom is -0.489 e. The number of rotatable bonds is 9. The topological polar surface area (TPSA) is 58.1 Å². The molecule has 1 aromatic rings. The predicted molar refractivity (Wildman–Crippen MR) is 118 cm³/mol. The average molecular weight is 476 g/mol. The van der Waals surface area contributed by atoms with Gasteiger partial charge in [-0.25, -0.2) is 4.99 Å². The van der Waals surface area contributed by atoms with E-state index < -0.39 is 0 Å². The van der Waals surface area contributed by atoms with E-state index in [0.717, 1.165) is 64.1 Å². The normalized spacial score (nSPS) is 16.5. The molecule has 1 aliphatic heterocycles. The third kappa shape index (κ3) is 9.05. The number of ether oxygens (including phenoxy) is 2. The van der Waals surface area contributed by atoms with Crippen LogP contribution in [0.1, 0.15) is 20.3 Å². The number of morpholine rings is 1. The van der Waals surface area contributed by atoms with E-state index in [1.165, 1.54) is 0 Å². The van der Waals surface area contributed by atoms with Crippen molar-refractivity contribution in [3.63, 3.8) is 0 Å². The Hall–Kier alpha value is -1.06. The van der Waals surface area contributed by atoms with Crippen molar-refractivity contribution >= 4 is 29.9 Å². The Morgan fingerprint density at radius 1 is 1.19 bits per heavy atom. The number of halogens is 1. The lowest BCUT2D eigenvalue weighted by Gasteiger charge is -2.26. The highest BCUT2D eigenvalue weighted by atomic mass is 127. The van der Waals surface area contributed by atoms with Gasteiger partial charge in [-0.3, -0.25) is 4.90 Å². The lowest BCUT2D eigenvalue weighted by atomic mass is 10.2. The summed E-state index contributed by atoms with van der Waals surface area (Å²) in [6.07, 6.45) is 1.00. The maximum atomic E-state index is 6.01. The number of hydrogen-bond donors (Lipinski definition) is 2. The van der Waals surface area contributed by atoms with Crippen molar-refractivity contribution in [1.29, 1.82) is 0 Å². The first kappa shape index (κ1) is 23.0. The SMILES string of the molecule is CCNC(=NCC(CC)Oc1ccccc1)NCCN1CCOCC1.I. The summed E-state index contributed by atoms with van der Waals surface area (Å²) in [5, 5.41) is 6.72. The maximum Gasteiger partial charge on any atom is 0.191 e. The van der Waals surface area contributed by atoms with Gasteiger partial charge in [0, 0.05) is 32.7 Å². The fourth-order valence-electron chi connectivity index (χ4n) is 2.63. The molecule has 7 heteroatoms. The summed E-state index contributed by atoms with van der Waals surface area (Å²) in [4.78, 5) is 7.10. The van der Waals surface area contributed by atoms with Crippen LogP contribution in [0.2, 0.25) is 0 Å². The van der Waals surface area contributed by atoms with E-state index in [9.17, 15) is 0 Å². The molecule has 1 aromatic carbocycles. The Bertz CT molecular complexity index is 496. The molecular weight excluding hydrogens is 443 g/mol. The summed E-state index contributed by atoms with van der Waals surface area (Å²) in [6.45, 7) is 11.3. The molecule has 0 spiro atoms. The lowest BCUT2D eigenvalue weighted by molar-refractivity contribution is 0.0389. The van der Waals surface area contributed by atoms with Gasteiger partial charge in [0.15, 0.2) is 5.96 Å². The number of nitrogens with one attached hydrogen (secondary N) is 2. The number of benzene rings is 1. The van der Waals surface area contributed by atoms with Crippen LogP contribution in [0.5, 0.6) is 5.75 Å². The maximum absolute atomic E-state index is 6.01. The molecule has 2 rings (SSSR count). The lowest BCUT2D eigenvalue weighted by Crippen LogP contribution is -2.44. The molecule has 1 aliphatic rings. The van der Waals surface area contributed by atoms with E-state index in [1.807, 2.05) is 30.3 Å². The van der Waals surface area contributed by atoms with Gasteiger partial charge in [0.05, 0.1) is 19.8 Å².